The molecule has 0 bridgehead atoms. The molecule has 1 aliphatic heterocycles. The van der Waals surface area contributed by atoms with Gasteiger partial charge in [-0.25, -0.2) is 0 Å². The minimum absolute atomic E-state index is 0.0531. The van der Waals surface area contributed by atoms with Crippen molar-refractivity contribution in [2.45, 2.75) is 20.1 Å². The highest BCUT2D eigenvalue weighted by Gasteiger charge is 2.35. The molecule has 1 heterocycles. The normalized spacial score (nSPS) is 14.2. The van der Waals surface area contributed by atoms with Gasteiger partial charge < -0.3 is 9.47 Å². The Hall–Kier alpha value is -4.54. The van der Waals surface area contributed by atoms with Crippen LogP contribution in [-0.2, 0) is 17.9 Å². The van der Waals surface area contributed by atoms with Crippen molar-refractivity contribution in [3.05, 3.63) is 112 Å². The molecule has 38 heavy (non-hydrogen) atoms. The summed E-state index contributed by atoms with van der Waals surface area (Å²) in [5.41, 5.74) is 2.83. The first kappa shape index (κ1) is 25.1. The number of rotatable bonds is 8. The van der Waals surface area contributed by atoms with Crippen molar-refractivity contribution in [2.24, 2.45) is 0 Å². The monoisotopic (exact) mass is 520 g/mol. The first-order valence-electron chi connectivity index (χ1n) is 12.2. The summed E-state index contributed by atoms with van der Waals surface area (Å²) in [6.07, 6.45) is 1.68. The molecule has 0 unspecified atom stereocenters. The number of carbonyl (C=O) groups excluding carboxylic acids is 2. The molecule has 1 aliphatic rings. The van der Waals surface area contributed by atoms with Crippen molar-refractivity contribution in [1.29, 1.82) is 5.26 Å². The maximum absolute atomic E-state index is 13.0. The molecule has 4 aromatic rings. The average Bonchev–Trinajstić information content (AvgIpc) is 3.20. The summed E-state index contributed by atoms with van der Waals surface area (Å²) >= 11 is 0.885. The molecule has 4 aromatic carbocycles. The van der Waals surface area contributed by atoms with E-state index in [9.17, 15) is 14.9 Å². The Bertz CT molecular complexity index is 1610. The van der Waals surface area contributed by atoms with Crippen molar-refractivity contribution in [2.75, 3.05) is 6.61 Å². The van der Waals surface area contributed by atoms with Gasteiger partial charge in [-0.05, 0) is 76.5 Å². The SMILES string of the molecule is CCOc1cc(/C=C2/SC(=O)N(Cc3ccccc3C#N)C2=O)ccc1OCc1ccc2ccccc2c1. The quantitative estimate of drug-likeness (QED) is 0.235. The number of carbonyl (C=O) groups is 2. The van der Waals surface area contributed by atoms with Crippen LogP contribution in [0.2, 0.25) is 0 Å². The largest absolute Gasteiger partial charge is 0.490 e. The van der Waals surface area contributed by atoms with Crippen LogP contribution < -0.4 is 9.47 Å². The van der Waals surface area contributed by atoms with Crippen molar-refractivity contribution < 1.29 is 19.1 Å². The summed E-state index contributed by atoms with van der Waals surface area (Å²) in [5.74, 6) is 0.768. The van der Waals surface area contributed by atoms with Gasteiger partial charge in [0.2, 0.25) is 0 Å². The molecule has 0 N–H and O–H groups in total. The Morgan fingerprint density at radius 1 is 0.895 bits per heavy atom. The molecule has 5 rings (SSSR count). The van der Waals surface area contributed by atoms with Gasteiger partial charge in [0.1, 0.15) is 6.61 Å². The van der Waals surface area contributed by atoms with Crippen molar-refractivity contribution in [3.8, 4) is 17.6 Å². The van der Waals surface area contributed by atoms with Crippen LogP contribution in [0.5, 0.6) is 11.5 Å². The lowest BCUT2D eigenvalue weighted by Crippen LogP contribution is -2.27. The van der Waals surface area contributed by atoms with Crippen molar-refractivity contribution in [1.82, 2.24) is 4.90 Å². The van der Waals surface area contributed by atoms with Gasteiger partial charge >= 0.3 is 0 Å². The van der Waals surface area contributed by atoms with Crippen LogP contribution in [0.4, 0.5) is 4.79 Å². The molecule has 188 valence electrons. The Morgan fingerprint density at radius 2 is 1.68 bits per heavy atom. The molecule has 0 aromatic heterocycles. The third-order valence-corrected chi connectivity index (χ3v) is 7.02. The standard InChI is InChI=1S/C31H24N2O4S/c1-2-36-28-16-21(12-14-27(28)37-20-22-11-13-23-7-3-4-8-24(23)15-22)17-29-30(34)33(31(35)38-29)19-26-10-6-5-9-25(26)18-32/h3-17H,2,19-20H2,1H3/b29-17+. The van der Waals surface area contributed by atoms with Crippen LogP contribution >= 0.6 is 11.8 Å². The summed E-state index contributed by atoms with van der Waals surface area (Å²) < 4.78 is 11.9. The number of hydrogen-bond acceptors (Lipinski definition) is 6. The van der Waals surface area contributed by atoms with Gasteiger partial charge in [0.25, 0.3) is 11.1 Å². The fourth-order valence-corrected chi connectivity index (χ4v) is 5.06. The number of amides is 2. The Labute approximate surface area is 225 Å². The van der Waals surface area contributed by atoms with E-state index in [1.807, 2.05) is 37.3 Å². The summed E-state index contributed by atoms with van der Waals surface area (Å²) in [5, 5.41) is 11.3. The van der Waals surface area contributed by atoms with Crippen LogP contribution in [0, 0.1) is 11.3 Å². The molecule has 0 aliphatic carbocycles. The minimum atomic E-state index is -0.387. The number of ether oxygens (including phenoxy) is 2. The summed E-state index contributed by atoms with van der Waals surface area (Å²) in [6, 6.07) is 28.9. The maximum Gasteiger partial charge on any atom is 0.293 e. The second-order valence-corrected chi connectivity index (χ2v) is 9.64. The van der Waals surface area contributed by atoms with Gasteiger partial charge in [-0.3, -0.25) is 14.5 Å². The summed E-state index contributed by atoms with van der Waals surface area (Å²) in [4.78, 5) is 27.1. The van der Waals surface area contributed by atoms with E-state index in [-0.39, 0.29) is 17.7 Å². The van der Waals surface area contributed by atoms with E-state index < -0.39 is 0 Å². The van der Waals surface area contributed by atoms with E-state index in [0.29, 0.717) is 40.7 Å². The molecule has 0 saturated carbocycles. The summed E-state index contributed by atoms with van der Waals surface area (Å²) in [7, 11) is 0. The van der Waals surface area contributed by atoms with E-state index >= 15 is 0 Å². The summed E-state index contributed by atoms with van der Waals surface area (Å²) in [6.45, 7) is 2.78. The predicted octanol–water partition coefficient (Wildman–Crippen LogP) is 6.93. The highest BCUT2D eigenvalue weighted by atomic mass is 32.2. The van der Waals surface area contributed by atoms with Crippen LogP contribution in [0.3, 0.4) is 0 Å². The van der Waals surface area contributed by atoms with Crippen LogP contribution in [0.25, 0.3) is 16.8 Å². The van der Waals surface area contributed by atoms with E-state index in [1.54, 1.807) is 36.4 Å². The van der Waals surface area contributed by atoms with E-state index in [1.165, 1.54) is 5.39 Å². The zero-order valence-corrected chi connectivity index (χ0v) is 21.5. The second-order valence-electron chi connectivity index (χ2n) is 8.65. The number of hydrogen-bond donors (Lipinski definition) is 0. The molecular weight excluding hydrogens is 496 g/mol. The van der Waals surface area contributed by atoms with Gasteiger partial charge in [-0.1, -0.05) is 60.7 Å². The topological polar surface area (TPSA) is 79.6 Å². The number of benzene rings is 4. The number of thioether (sulfide) groups is 1. The molecule has 7 heteroatoms. The fraction of sp³-hybridized carbons (Fsp3) is 0.129. The molecule has 0 spiro atoms. The Morgan fingerprint density at radius 3 is 2.50 bits per heavy atom. The lowest BCUT2D eigenvalue weighted by Gasteiger charge is -2.14. The smallest absolute Gasteiger partial charge is 0.293 e. The van der Waals surface area contributed by atoms with E-state index in [0.717, 1.165) is 33.2 Å². The third kappa shape index (κ3) is 5.41. The van der Waals surface area contributed by atoms with E-state index in [2.05, 4.69) is 30.3 Å². The zero-order chi connectivity index (χ0) is 26.5. The van der Waals surface area contributed by atoms with E-state index in [4.69, 9.17) is 9.47 Å². The lowest BCUT2D eigenvalue weighted by atomic mass is 10.1. The average molecular weight is 521 g/mol. The molecular formula is C31H24N2O4S. The first-order chi connectivity index (χ1) is 18.6. The zero-order valence-electron chi connectivity index (χ0n) is 20.7. The molecule has 0 atom stereocenters. The number of nitriles is 1. The minimum Gasteiger partial charge on any atom is -0.490 e. The van der Waals surface area contributed by atoms with Crippen molar-refractivity contribution >= 4 is 39.8 Å². The van der Waals surface area contributed by atoms with Gasteiger partial charge in [-0.2, -0.15) is 5.26 Å². The van der Waals surface area contributed by atoms with Crippen LogP contribution in [-0.4, -0.2) is 22.7 Å². The number of nitrogens with zero attached hydrogens (tertiary/aromatic N) is 2. The molecule has 2 amide bonds. The Balaban J connectivity index is 1.33. The second kappa shape index (κ2) is 11.2. The first-order valence-corrected chi connectivity index (χ1v) is 13.0. The van der Waals surface area contributed by atoms with Crippen LogP contribution in [0.15, 0.2) is 89.8 Å². The molecule has 1 fully saturated rings. The van der Waals surface area contributed by atoms with Gasteiger partial charge in [-0.15, -0.1) is 0 Å². The fourth-order valence-electron chi connectivity index (χ4n) is 4.22. The lowest BCUT2D eigenvalue weighted by molar-refractivity contribution is -0.123. The predicted molar refractivity (Wildman–Crippen MR) is 149 cm³/mol. The van der Waals surface area contributed by atoms with Crippen molar-refractivity contribution in [3.63, 3.8) is 0 Å². The van der Waals surface area contributed by atoms with Gasteiger partial charge in [0, 0.05) is 0 Å². The van der Waals surface area contributed by atoms with Gasteiger partial charge in [0.05, 0.1) is 29.7 Å². The van der Waals surface area contributed by atoms with Crippen LogP contribution in [0.1, 0.15) is 29.2 Å². The molecule has 6 nitrogen and oxygen atoms in total. The Kier molecular flexibility index (Phi) is 7.43. The van der Waals surface area contributed by atoms with Gasteiger partial charge in [0.15, 0.2) is 11.5 Å². The molecule has 0 radical (unpaired) electrons. The third-order valence-electron chi connectivity index (χ3n) is 6.11. The highest BCUT2D eigenvalue weighted by Crippen LogP contribution is 2.36. The highest BCUT2D eigenvalue weighted by molar-refractivity contribution is 8.18. The maximum atomic E-state index is 13.0. The molecule has 1 saturated heterocycles. The number of fused-ring (bicyclic) bond motifs is 1. The number of imide groups is 1.